The van der Waals surface area contributed by atoms with Crippen LogP contribution >= 0.6 is 0 Å². The quantitative estimate of drug-likeness (QED) is 0.891. The van der Waals surface area contributed by atoms with Crippen LogP contribution < -0.4 is 5.32 Å². The van der Waals surface area contributed by atoms with E-state index in [0.717, 1.165) is 18.5 Å². The van der Waals surface area contributed by atoms with Crippen molar-refractivity contribution in [1.29, 1.82) is 0 Å². The molecule has 2 atom stereocenters. The minimum atomic E-state index is -0.880. The van der Waals surface area contributed by atoms with Crippen molar-refractivity contribution in [3.8, 4) is 0 Å². The molecule has 23 heavy (non-hydrogen) atoms. The molecule has 4 nitrogen and oxygen atoms in total. The Bertz CT molecular complexity index is 672. The fourth-order valence-corrected chi connectivity index (χ4v) is 3.36. The van der Waals surface area contributed by atoms with Crippen LogP contribution in [0.15, 0.2) is 54.6 Å². The summed E-state index contributed by atoms with van der Waals surface area (Å²) in [6.07, 6.45) is 1.09. The molecular weight excluding hydrogens is 288 g/mol. The van der Waals surface area contributed by atoms with Gasteiger partial charge in [-0.25, -0.2) is 4.79 Å². The molecular formula is C19H22N2O2. The fourth-order valence-electron chi connectivity index (χ4n) is 3.36. The number of hydrogen-bond donors (Lipinski definition) is 2. The van der Waals surface area contributed by atoms with Crippen LogP contribution in [0.3, 0.4) is 0 Å². The van der Waals surface area contributed by atoms with Crippen LogP contribution in [-0.2, 0) is 6.54 Å². The third-order valence-electron chi connectivity index (χ3n) is 4.53. The van der Waals surface area contributed by atoms with Gasteiger partial charge in [0.25, 0.3) is 0 Å². The number of hydrogen-bond acceptors (Lipinski definition) is 3. The van der Waals surface area contributed by atoms with Crippen LogP contribution in [-0.4, -0.2) is 35.6 Å². The van der Waals surface area contributed by atoms with Crippen molar-refractivity contribution >= 4 is 5.97 Å². The highest BCUT2D eigenvalue weighted by Crippen LogP contribution is 2.30. The second-order valence-electron chi connectivity index (χ2n) is 6.12. The maximum atomic E-state index is 11.1. The molecule has 0 aromatic heterocycles. The standard InChI is InChI=1S/C19H22N2O2/c1-21-11-10-17(18(21)15-7-3-2-4-8-15)20-13-14-6-5-9-16(12-14)19(22)23/h2-9,12,17-18,20H,10-11,13H2,1H3,(H,22,23). The van der Waals surface area contributed by atoms with E-state index in [1.807, 2.05) is 12.1 Å². The number of nitrogens with one attached hydrogen (secondary N) is 1. The van der Waals surface area contributed by atoms with Gasteiger partial charge in [0, 0.05) is 25.2 Å². The summed E-state index contributed by atoms with van der Waals surface area (Å²) in [7, 11) is 2.16. The molecule has 4 heteroatoms. The molecule has 1 saturated heterocycles. The molecule has 0 amide bonds. The van der Waals surface area contributed by atoms with Gasteiger partial charge in [0.1, 0.15) is 0 Å². The Morgan fingerprint density at radius 2 is 2.00 bits per heavy atom. The number of carboxylic acid groups (broad SMARTS) is 1. The van der Waals surface area contributed by atoms with Gasteiger partial charge in [-0.1, -0.05) is 42.5 Å². The smallest absolute Gasteiger partial charge is 0.335 e. The zero-order valence-corrected chi connectivity index (χ0v) is 13.3. The molecule has 2 unspecified atom stereocenters. The summed E-state index contributed by atoms with van der Waals surface area (Å²) >= 11 is 0. The molecule has 1 fully saturated rings. The summed E-state index contributed by atoms with van der Waals surface area (Å²) < 4.78 is 0. The third-order valence-corrected chi connectivity index (χ3v) is 4.53. The summed E-state index contributed by atoms with van der Waals surface area (Å²) in [5, 5.41) is 12.7. The van der Waals surface area contributed by atoms with E-state index in [-0.39, 0.29) is 0 Å². The lowest BCUT2D eigenvalue weighted by Gasteiger charge is -2.26. The number of likely N-dealkylation sites (tertiary alicyclic amines) is 1. The zero-order valence-electron chi connectivity index (χ0n) is 13.3. The number of benzene rings is 2. The molecule has 2 aromatic rings. The normalized spacial score (nSPS) is 21.4. The largest absolute Gasteiger partial charge is 0.478 e. The van der Waals surface area contributed by atoms with Gasteiger partial charge in [0.15, 0.2) is 0 Å². The predicted octanol–water partition coefficient (Wildman–Crippen LogP) is 2.92. The maximum Gasteiger partial charge on any atom is 0.335 e. The molecule has 2 N–H and O–H groups in total. The van der Waals surface area contributed by atoms with Gasteiger partial charge < -0.3 is 10.4 Å². The molecule has 1 aliphatic heterocycles. The predicted molar refractivity (Wildman–Crippen MR) is 90.5 cm³/mol. The van der Waals surface area contributed by atoms with Crippen molar-refractivity contribution in [1.82, 2.24) is 10.2 Å². The maximum absolute atomic E-state index is 11.1. The van der Waals surface area contributed by atoms with Crippen molar-refractivity contribution in [2.75, 3.05) is 13.6 Å². The number of carbonyl (C=O) groups is 1. The van der Waals surface area contributed by atoms with E-state index in [2.05, 4.69) is 41.5 Å². The van der Waals surface area contributed by atoms with E-state index in [1.54, 1.807) is 18.2 Å². The average Bonchev–Trinajstić information content (AvgIpc) is 2.94. The van der Waals surface area contributed by atoms with Crippen LogP contribution in [0, 0.1) is 0 Å². The summed E-state index contributed by atoms with van der Waals surface area (Å²) in [4.78, 5) is 13.4. The zero-order chi connectivity index (χ0) is 16.2. The Balaban J connectivity index is 1.70. The number of carboxylic acids is 1. The van der Waals surface area contributed by atoms with Crippen molar-refractivity contribution in [2.45, 2.75) is 25.0 Å². The monoisotopic (exact) mass is 310 g/mol. The molecule has 0 aliphatic carbocycles. The number of aromatic carboxylic acids is 1. The highest BCUT2D eigenvalue weighted by atomic mass is 16.4. The van der Waals surface area contributed by atoms with E-state index in [0.29, 0.717) is 24.2 Å². The second kappa shape index (κ2) is 6.94. The topological polar surface area (TPSA) is 52.6 Å². The third kappa shape index (κ3) is 3.60. The highest BCUT2D eigenvalue weighted by Gasteiger charge is 2.32. The highest BCUT2D eigenvalue weighted by molar-refractivity contribution is 5.87. The minimum absolute atomic E-state index is 0.340. The molecule has 1 heterocycles. The van der Waals surface area contributed by atoms with Gasteiger partial charge in [-0.15, -0.1) is 0 Å². The lowest BCUT2D eigenvalue weighted by molar-refractivity contribution is 0.0696. The van der Waals surface area contributed by atoms with E-state index in [9.17, 15) is 4.79 Å². The number of rotatable bonds is 5. The van der Waals surface area contributed by atoms with Crippen LogP contribution in [0.2, 0.25) is 0 Å². The van der Waals surface area contributed by atoms with Crippen LogP contribution in [0.5, 0.6) is 0 Å². The van der Waals surface area contributed by atoms with Crippen molar-refractivity contribution in [2.24, 2.45) is 0 Å². The Labute approximate surface area is 136 Å². The van der Waals surface area contributed by atoms with E-state index in [1.165, 1.54) is 5.56 Å². The Morgan fingerprint density at radius 1 is 1.22 bits per heavy atom. The first-order valence-electron chi connectivity index (χ1n) is 7.96. The SMILES string of the molecule is CN1CCC(NCc2cccc(C(=O)O)c2)C1c1ccccc1. The first kappa shape index (κ1) is 15.7. The fraction of sp³-hybridized carbons (Fsp3) is 0.316. The van der Waals surface area contributed by atoms with Crippen LogP contribution in [0.25, 0.3) is 0 Å². The molecule has 0 radical (unpaired) electrons. The molecule has 3 rings (SSSR count). The Hall–Kier alpha value is -2.17. The molecule has 0 spiro atoms. The summed E-state index contributed by atoms with van der Waals surface area (Å²) in [5.41, 5.74) is 2.67. The molecule has 1 aliphatic rings. The van der Waals surface area contributed by atoms with Crippen molar-refractivity contribution < 1.29 is 9.90 Å². The van der Waals surface area contributed by atoms with E-state index in [4.69, 9.17) is 5.11 Å². The summed E-state index contributed by atoms with van der Waals surface area (Å²) in [6, 6.07) is 18.4. The van der Waals surface area contributed by atoms with Crippen molar-refractivity contribution in [3.63, 3.8) is 0 Å². The van der Waals surface area contributed by atoms with Gasteiger partial charge in [-0.2, -0.15) is 0 Å². The van der Waals surface area contributed by atoms with Crippen molar-refractivity contribution in [3.05, 3.63) is 71.3 Å². The molecule has 0 bridgehead atoms. The summed E-state index contributed by atoms with van der Waals surface area (Å²) in [6.45, 7) is 1.75. The minimum Gasteiger partial charge on any atom is -0.478 e. The van der Waals surface area contributed by atoms with Gasteiger partial charge in [0.05, 0.1) is 5.56 Å². The summed E-state index contributed by atoms with van der Waals surface area (Å²) in [5.74, 6) is -0.880. The van der Waals surface area contributed by atoms with Gasteiger partial charge >= 0.3 is 5.97 Å². The van der Waals surface area contributed by atoms with E-state index < -0.39 is 5.97 Å². The number of likely N-dealkylation sites (N-methyl/N-ethyl adjacent to an activating group) is 1. The lowest BCUT2D eigenvalue weighted by Crippen LogP contribution is -2.34. The Kier molecular flexibility index (Phi) is 4.74. The molecule has 0 saturated carbocycles. The lowest BCUT2D eigenvalue weighted by atomic mass is 10.00. The average molecular weight is 310 g/mol. The molecule has 120 valence electrons. The van der Waals surface area contributed by atoms with Crippen LogP contribution in [0.1, 0.15) is 33.9 Å². The number of nitrogens with zero attached hydrogens (tertiary/aromatic N) is 1. The molecule has 2 aromatic carbocycles. The van der Waals surface area contributed by atoms with Gasteiger partial charge in [-0.05, 0) is 36.7 Å². The van der Waals surface area contributed by atoms with Gasteiger partial charge in [-0.3, -0.25) is 4.90 Å². The van der Waals surface area contributed by atoms with Gasteiger partial charge in [0.2, 0.25) is 0 Å². The second-order valence-corrected chi connectivity index (χ2v) is 6.12. The van der Waals surface area contributed by atoms with Crippen LogP contribution in [0.4, 0.5) is 0 Å². The first-order valence-corrected chi connectivity index (χ1v) is 7.96. The van der Waals surface area contributed by atoms with E-state index >= 15 is 0 Å². The Morgan fingerprint density at radius 3 is 2.74 bits per heavy atom. The first-order chi connectivity index (χ1) is 11.1.